The Kier molecular flexibility index (Phi) is 4.81. The molecule has 6 heteroatoms. The number of aromatic nitrogens is 2. The third kappa shape index (κ3) is 3.75. The molecule has 0 aliphatic heterocycles. The molecule has 0 aliphatic rings. The maximum absolute atomic E-state index is 12.0. The SMILES string of the molecule is CCCn1ccn(CC(=O)Nc2ccc(OC)cc2)c1=O. The first-order valence-electron chi connectivity index (χ1n) is 6.83. The summed E-state index contributed by atoms with van der Waals surface area (Å²) in [5, 5.41) is 2.75. The number of benzene rings is 1. The number of ether oxygens (including phenoxy) is 1. The predicted molar refractivity (Wildman–Crippen MR) is 80.6 cm³/mol. The zero-order valence-corrected chi connectivity index (χ0v) is 12.2. The normalized spacial score (nSPS) is 10.4. The van der Waals surface area contributed by atoms with E-state index in [0.29, 0.717) is 12.2 Å². The van der Waals surface area contributed by atoms with Gasteiger partial charge in [0.25, 0.3) is 0 Å². The summed E-state index contributed by atoms with van der Waals surface area (Å²) in [6.45, 7) is 2.66. The van der Waals surface area contributed by atoms with Crippen LogP contribution in [0.2, 0.25) is 0 Å². The summed E-state index contributed by atoms with van der Waals surface area (Å²) in [4.78, 5) is 23.9. The molecule has 0 saturated heterocycles. The Morgan fingerprint density at radius 3 is 2.48 bits per heavy atom. The molecule has 2 rings (SSSR count). The second-order valence-electron chi connectivity index (χ2n) is 4.68. The Bertz CT molecular complexity index is 656. The van der Waals surface area contributed by atoms with Crippen LogP contribution in [0.15, 0.2) is 41.5 Å². The zero-order valence-electron chi connectivity index (χ0n) is 12.2. The predicted octanol–water partition coefficient (Wildman–Crippen LogP) is 1.71. The molecule has 21 heavy (non-hydrogen) atoms. The van der Waals surface area contributed by atoms with E-state index in [1.807, 2.05) is 6.92 Å². The minimum absolute atomic E-state index is 0.00156. The minimum Gasteiger partial charge on any atom is -0.497 e. The number of nitrogens with one attached hydrogen (secondary N) is 1. The van der Waals surface area contributed by atoms with Gasteiger partial charge >= 0.3 is 5.69 Å². The Hall–Kier alpha value is -2.50. The van der Waals surface area contributed by atoms with Gasteiger partial charge in [-0.15, -0.1) is 0 Å². The molecule has 1 N–H and O–H groups in total. The molecule has 1 heterocycles. The van der Waals surface area contributed by atoms with Gasteiger partial charge in [0.05, 0.1) is 7.11 Å². The Labute approximate surface area is 123 Å². The molecule has 1 aromatic heterocycles. The smallest absolute Gasteiger partial charge is 0.328 e. The molecule has 2 aromatic rings. The van der Waals surface area contributed by atoms with Gasteiger partial charge in [0.2, 0.25) is 5.91 Å². The van der Waals surface area contributed by atoms with E-state index in [0.717, 1.165) is 12.2 Å². The number of carbonyl (C=O) groups is 1. The van der Waals surface area contributed by atoms with Crippen molar-refractivity contribution in [1.82, 2.24) is 9.13 Å². The molecule has 0 bridgehead atoms. The van der Waals surface area contributed by atoms with Crippen molar-refractivity contribution >= 4 is 11.6 Å². The first-order chi connectivity index (χ1) is 10.1. The summed E-state index contributed by atoms with van der Waals surface area (Å²) in [6, 6.07) is 7.03. The van der Waals surface area contributed by atoms with Gasteiger partial charge < -0.3 is 10.1 Å². The number of aryl methyl sites for hydroxylation is 1. The lowest BCUT2D eigenvalue weighted by Gasteiger charge is -2.06. The topological polar surface area (TPSA) is 65.3 Å². The van der Waals surface area contributed by atoms with Gasteiger partial charge in [0, 0.05) is 24.6 Å². The average Bonchev–Trinajstić information content (AvgIpc) is 2.81. The molecule has 1 amide bonds. The fraction of sp³-hybridized carbons (Fsp3) is 0.333. The number of carbonyl (C=O) groups excluding carboxylic acids is 1. The quantitative estimate of drug-likeness (QED) is 0.880. The summed E-state index contributed by atoms with van der Waals surface area (Å²) >= 11 is 0. The summed E-state index contributed by atoms with van der Waals surface area (Å²) < 4.78 is 8.05. The molecular weight excluding hydrogens is 270 g/mol. The largest absolute Gasteiger partial charge is 0.497 e. The molecule has 1 aromatic carbocycles. The second kappa shape index (κ2) is 6.78. The third-order valence-electron chi connectivity index (χ3n) is 3.07. The van der Waals surface area contributed by atoms with E-state index in [9.17, 15) is 9.59 Å². The van der Waals surface area contributed by atoms with E-state index in [2.05, 4.69) is 5.32 Å². The molecule has 0 radical (unpaired) electrons. The standard InChI is InChI=1S/C15H19N3O3/c1-3-8-17-9-10-18(15(17)20)11-14(19)16-12-4-6-13(21-2)7-5-12/h4-7,9-10H,3,8,11H2,1-2H3,(H,16,19). The number of nitrogens with zero attached hydrogens (tertiary/aromatic N) is 2. The van der Waals surface area contributed by atoms with Crippen LogP contribution in [-0.2, 0) is 17.9 Å². The summed E-state index contributed by atoms with van der Waals surface area (Å²) in [6.07, 6.45) is 4.21. The molecule has 0 unspecified atom stereocenters. The maximum Gasteiger partial charge on any atom is 0.328 e. The maximum atomic E-state index is 12.0. The number of hydrogen-bond donors (Lipinski definition) is 1. The summed E-state index contributed by atoms with van der Waals surface area (Å²) in [5.41, 5.74) is 0.503. The van der Waals surface area contributed by atoms with E-state index in [1.54, 1.807) is 48.3 Å². The first-order valence-corrected chi connectivity index (χ1v) is 6.83. The lowest BCUT2D eigenvalue weighted by molar-refractivity contribution is -0.116. The van der Waals surface area contributed by atoms with Crippen LogP contribution in [0.25, 0.3) is 0 Å². The minimum atomic E-state index is -0.239. The van der Waals surface area contributed by atoms with E-state index in [-0.39, 0.29) is 18.1 Å². The third-order valence-corrected chi connectivity index (χ3v) is 3.07. The van der Waals surface area contributed by atoms with Gasteiger partial charge in [0.15, 0.2) is 0 Å². The van der Waals surface area contributed by atoms with Crippen molar-refractivity contribution in [2.45, 2.75) is 26.4 Å². The highest BCUT2D eigenvalue weighted by molar-refractivity contribution is 5.90. The van der Waals surface area contributed by atoms with Crippen molar-refractivity contribution in [3.8, 4) is 5.75 Å². The fourth-order valence-corrected chi connectivity index (χ4v) is 2.01. The van der Waals surface area contributed by atoms with Gasteiger partial charge in [-0.2, -0.15) is 0 Å². The van der Waals surface area contributed by atoms with Gasteiger partial charge in [-0.05, 0) is 30.7 Å². The number of amides is 1. The van der Waals surface area contributed by atoms with Crippen LogP contribution in [0.1, 0.15) is 13.3 Å². The molecule has 0 aliphatic carbocycles. The van der Waals surface area contributed by atoms with Crippen molar-refractivity contribution in [2.75, 3.05) is 12.4 Å². The van der Waals surface area contributed by atoms with Crippen molar-refractivity contribution in [1.29, 1.82) is 0 Å². The Balaban J connectivity index is 1.99. The number of methoxy groups -OCH3 is 1. The van der Waals surface area contributed by atoms with Crippen LogP contribution < -0.4 is 15.7 Å². The van der Waals surface area contributed by atoms with Crippen LogP contribution in [-0.4, -0.2) is 22.2 Å². The highest BCUT2D eigenvalue weighted by Crippen LogP contribution is 2.14. The molecule has 112 valence electrons. The summed E-state index contributed by atoms with van der Waals surface area (Å²) in [5.74, 6) is 0.484. The van der Waals surface area contributed by atoms with Crippen molar-refractivity contribution < 1.29 is 9.53 Å². The number of anilines is 1. The van der Waals surface area contributed by atoms with Crippen molar-refractivity contribution in [2.24, 2.45) is 0 Å². The van der Waals surface area contributed by atoms with Crippen LogP contribution in [0.5, 0.6) is 5.75 Å². The average molecular weight is 289 g/mol. The van der Waals surface area contributed by atoms with E-state index in [1.165, 1.54) is 4.57 Å². The van der Waals surface area contributed by atoms with Crippen LogP contribution in [0, 0.1) is 0 Å². The van der Waals surface area contributed by atoms with Crippen LogP contribution >= 0.6 is 0 Å². The van der Waals surface area contributed by atoms with E-state index < -0.39 is 0 Å². The zero-order chi connectivity index (χ0) is 15.2. The number of imidazole rings is 1. The Morgan fingerprint density at radius 2 is 1.86 bits per heavy atom. The highest BCUT2D eigenvalue weighted by Gasteiger charge is 2.08. The lowest BCUT2D eigenvalue weighted by atomic mass is 10.3. The van der Waals surface area contributed by atoms with Crippen molar-refractivity contribution in [3.63, 3.8) is 0 Å². The molecular formula is C15H19N3O3. The van der Waals surface area contributed by atoms with E-state index >= 15 is 0 Å². The van der Waals surface area contributed by atoms with Gasteiger partial charge in [-0.25, -0.2) is 4.79 Å². The number of rotatable bonds is 6. The van der Waals surface area contributed by atoms with Crippen LogP contribution in [0.4, 0.5) is 5.69 Å². The summed E-state index contributed by atoms with van der Waals surface area (Å²) in [7, 11) is 1.58. The molecule has 0 fully saturated rings. The van der Waals surface area contributed by atoms with Gasteiger partial charge in [-0.3, -0.25) is 13.9 Å². The Morgan fingerprint density at radius 1 is 1.19 bits per heavy atom. The molecule has 0 saturated carbocycles. The first kappa shape index (κ1) is 14.9. The lowest BCUT2D eigenvalue weighted by Crippen LogP contribution is -2.29. The number of hydrogen-bond acceptors (Lipinski definition) is 3. The van der Waals surface area contributed by atoms with Gasteiger partial charge in [-0.1, -0.05) is 6.92 Å². The molecule has 0 spiro atoms. The van der Waals surface area contributed by atoms with Crippen molar-refractivity contribution in [3.05, 3.63) is 47.1 Å². The second-order valence-corrected chi connectivity index (χ2v) is 4.68. The van der Waals surface area contributed by atoms with Crippen LogP contribution in [0.3, 0.4) is 0 Å². The van der Waals surface area contributed by atoms with Gasteiger partial charge in [0.1, 0.15) is 12.3 Å². The molecule has 6 nitrogen and oxygen atoms in total. The monoisotopic (exact) mass is 289 g/mol. The fourth-order valence-electron chi connectivity index (χ4n) is 2.01. The van der Waals surface area contributed by atoms with E-state index in [4.69, 9.17) is 4.74 Å². The highest BCUT2D eigenvalue weighted by atomic mass is 16.5. The molecule has 0 atom stereocenters.